The van der Waals surface area contributed by atoms with Crippen LogP contribution in [-0.2, 0) is 0 Å². The third-order valence-electron chi connectivity index (χ3n) is 5.27. The van der Waals surface area contributed by atoms with Crippen molar-refractivity contribution in [3.8, 4) is 22.9 Å². The van der Waals surface area contributed by atoms with Crippen LogP contribution in [0, 0.1) is 0 Å². The summed E-state index contributed by atoms with van der Waals surface area (Å²) in [5.74, 6) is 2.20. The van der Waals surface area contributed by atoms with Crippen molar-refractivity contribution in [2.75, 3.05) is 63.7 Å². The second-order valence-electron chi connectivity index (χ2n) is 7.11. The summed E-state index contributed by atoms with van der Waals surface area (Å²) in [6, 6.07) is 16.3. The number of rotatable bonds is 8. The second-order valence-corrected chi connectivity index (χ2v) is 7.11. The molecule has 1 aliphatic rings. The van der Waals surface area contributed by atoms with Crippen LogP contribution in [0.25, 0.3) is 11.4 Å². The van der Waals surface area contributed by atoms with Gasteiger partial charge in [0.05, 0.1) is 14.2 Å². The van der Waals surface area contributed by atoms with Crippen molar-refractivity contribution in [2.24, 2.45) is 0 Å². The predicted octanol–water partition coefficient (Wildman–Crippen LogP) is 2.99. The first-order valence-corrected chi connectivity index (χ1v) is 10.1. The maximum atomic E-state index is 5.33. The number of hydrogen-bond donors (Lipinski definition) is 1. The van der Waals surface area contributed by atoms with Crippen LogP contribution in [0.1, 0.15) is 0 Å². The number of anilines is 2. The Bertz CT molecular complexity index is 936. The van der Waals surface area contributed by atoms with Gasteiger partial charge in [-0.05, 0) is 36.4 Å². The minimum absolute atomic E-state index is 0.435. The molecule has 3 aromatic rings. The Morgan fingerprint density at radius 1 is 0.967 bits per heavy atom. The Balaban J connectivity index is 1.22. The lowest BCUT2D eigenvalue weighted by atomic mass is 10.2. The molecule has 2 heterocycles. The van der Waals surface area contributed by atoms with Gasteiger partial charge in [-0.25, -0.2) is 0 Å². The van der Waals surface area contributed by atoms with Crippen LogP contribution >= 0.6 is 0 Å². The number of benzene rings is 2. The lowest BCUT2D eigenvalue weighted by Crippen LogP contribution is -2.47. The van der Waals surface area contributed by atoms with Gasteiger partial charge in [0.1, 0.15) is 11.5 Å². The Labute approximate surface area is 176 Å². The molecular formula is C22H27N5O3. The molecule has 0 unspecified atom stereocenters. The van der Waals surface area contributed by atoms with Crippen molar-refractivity contribution >= 4 is 11.7 Å². The van der Waals surface area contributed by atoms with Crippen LogP contribution in [0.2, 0.25) is 0 Å². The number of piperazine rings is 1. The van der Waals surface area contributed by atoms with Gasteiger partial charge in [-0.3, -0.25) is 4.90 Å². The van der Waals surface area contributed by atoms with Gasteiger partial charge in [0.2, 0.25) is 5.82 Å². The molecule has 0 atom stereocenters. The number of methoxy groups -OCH3 is 2. The van der Waals surface area contributed by atoms with Crippen molar-refractivity contribution in [3.63, 3.8) is 0 Å². The van der Waals surface area contributed by atoms with Crippen LogP contribution in [0.15, 0.2) is 53.1 Å². The van der Waals surface area contributed by atoms with Crippen molar-refractivity contribution in [1.29, 1.82) is 0 Å². The third kappa shape index (κ3) is 4.83. The van der Waals surface area contributed by atoms with Gasteiger partial charge in [0.25, 0.3) is 0 Å². The fourth-order valence-corrected chi connectivity index (χ4v) is 3.52. The van der Waals surface area contributed by atoms with E-state index in [0.29, 0.717) is 11.8 Å². The first kappa shape index (κ1) is 20.0. The summed E-state index contributed by atoms with van der Waals surface area (Å²) in [6.07, 6.45) is 0. The highest BCUT2D eigenvalue weighted by Crippen LogP contribution is 2.22. The van der Waals surface area contributed by atoms with Gasteiger partial charge in [-0.2, -0.15) is 4.98 Å². The molecule has 1 saturated heterocycles. The molecular weight excluding hydrogens is 382 g/mol. The molecule has 1 fully saturated rings. The number of nitrogens with zero attached hydrogens (tertiary/aromatic N) is 4. The topological polar surface area (TPSA) is 75.9 Å². The van der Waals surface area contributed by atoms with E-state index < -0.39 is 0 Å². The van der Waals surface area contributed by atoms with Gasteiger partial charge in [0, 0.05) is 50.5 Å². The van der Waals surface area contributed by atoms with Crippen LogP contribution in [0.4, 0.5) is 11.7 Å². The zero-order valence-electron chi connectivity index (χ0n) is 17.4. The highest BCUT2D eigenvalue weighted by Gasteiger charge is 2.17. The Kier molecular flexibility index (Phi) is 6.34. The maximum Gasteiger partial charge on any atom is 0.321 e. The minimum Gasteiger partial charge on any atom is -0.497 e. The van der Waals surface area contributed by atoms with Crippen molar-refractivity contribution in [3.05, 3.63) is 48.5 Å². The SMILES string of the molecule is COc1ccc(N2CCN(CCNc3nc(-c4cccc(OC)c4)no3)CC2)cc1. The Morgan fingerprint density at radius 3 is 2.47 bits per heavy atom. The predicted molar refractivity (Wildman–Crippen MR) is 116 cm³/mol. The average Bonchev–Trinajstić information content (AvgIpc) is 3.29. The molecule has 0 saturated carbocycles. The summed E-state index contributed by atoms with van der Waals surface area (Å²) in [5, 5.41) is 7.28. The molecule has 0 aliphatic carbocycles. The van der Waals surface area contributed by atoms with Gasteiger partial charge in [-0.15, -0.1) is 0 Å². The summed E-state index contributed by atoms with van der Waals surface area (Å²) in [4.78, 5) is 9.26. The maximum absolute atomic E-state index is 5.33. The van der Waals surface area contributed by atoms with E-state index in [4.69, 9.17) is 14.0 Å². The van der Waals surface area contributed by atoms with E-state index >= 15 is 0 Å². The summed E-state index contributed by atoms with van der Waals surface area (Å²) in [6.45, 7) is 5.73. The molecule has 1 aromatic heterocycles. The number of ether oxygens (including phenoxy) is 2. The minimum atomic E-state index is 0.435. The quantitative estimate of drug-likeness (QED) is 0.609. The first-order valence-electron chi connectivity index (χ1n) is 10.1. The highest BCUT2D eigenvalue weighted by atomic mass is 16.5. The normalized spacial score (nSPS) is 14.5. The van der Waals surface area contributed by atoms with E-state index in [1.807, 2.05) is 36.4 Å². The zero-order chi connectivity index (χ0) is 20.8. The fourth-order valence-electron chi connectivity index (χ4n) is 3.52. The lowest BCUT2D eigenvalue weighted by Gasteiger charge is -2.36. The number of aromatic nitrogens is 2. The molecule has 0 spiro atoms. The standard InChI is InChI=1S/C22H27N5O3/c1-28-19-8-6-18(7-9-19)27-14-12-26(13-15-27)11-10-23-22-24-21(25-30-22)17-4-3-5-20(16-17)29-2/h3-9,16H,10-15H2,1-2H3,(H,23,24,25). The Morgan fingerprint density at radius 2 is 1.73 bits per heavy atom. The molecule has 0 bridgehead atoms. The summed E-state index contributed by atoms with van der Waals surface area (Å²) >= 11 is 0. The molecule has 4 rings (SSSR count). The molecule has 0 radical (unpaired) electrons. The van der Waals surface area contributed by atoms with Crippen molar-refractivity contribution < 1.29 is 14.0 Å². The van der Waals surface area contributed by atoms with E-state index in [1.165, 1.54) is 5.69 Å². The molecule has 2 aromatic carbocycles. The fraction of sp³-hybridized carbons (Fsp3) is 0.364. The summed E-state index contributed by atoms with van der Waals surface area (Å²) < 4.78 is 15.8. The Hall–Kier alpha value is -3.26. The molecule has 158 valence electrons. The average molecular weight is 409 g/mol. The van der Waals surface area contributed by atoms with Crippen molar-refractivity contribution in [1.82, 2.24) is 15.0 Å². The first-order chi connectivity index (χ1) is 14.7. The second kappa shape index (κ2) is 9.49. The van der Waals surface area contributed by atoms with Crippen LogP contribution in [0.3, 0.4) is 0 Å². The highest BCUT2D eigenvalue weighted by molar-refractivity contribution is 5.57. The van der Waals surface area contributed by atoms with Gasteiger partial charge in [0.15, 0.2) is 0 Å². The van der Waals surface area contributed by atoms with Gasteiger partial charge >= 0.3 is 6.01 Å². The van der Waals surface area contributed by atoms with E-state index in [0.717, 1.165) is 56.3 Å². The van der Waals surface area contributed by atoms with Gasteiger partial charge in [-0.1, -0.05) is 17.3 Å². The summed E-state index contributed by atoms with van der Waals surface area (Å²) in [5.41, 5.74) is 2.10. The third-order valence-corrected chi connectivity index (χ3v) is 5.27. The van der Waals surface area contributed by atoms with Crippen LogP contribution in [0.5, 0.6) is 11.5 Å². The zero-order valence-corrected chi connectivity index (χ0v) is 17.4. The molecule has 1 aliphatic heterocycles. The van der Waals surface area contributed by atoms with E-state index in [1.54, 1.807) is 14.2 Å². The number of hydrogen-bond acceptors (Lipinski definition) is 8. The molecule has 1 N–H and O–H groups in total. The monoisotopic (exact) mass is 409 g/mol. The van der Waals surface area contributed by atoms with E-state index in [9.17, 15) is 0 Å². The molecule has 0 amide bonds. The van der Waals surface area contributed by atoms with Gasteiger partial charge < -0.3 is 24.2 Å². The van der Waals surface area contributed by atoms with Crippen LogP contribution < -0.4 is 19.7 Å². The largest absolute Gasteiger partial charge is 0.497 e. The number of nitrogens with one attached hydrogen (secondary N) is 1. The molecule has 8 heteroatoms. The summed E-state index contributed by atoms with van der Waals surface area (Å²) in [7, 11) is 3.33. The van der Waals surface area contributed by atoms with Crippen LogP contribution in [-0.4, -0.2) is 68.5 Å². The molecule has 30 heavy (non-hydrogen) atoms. The lowest BCUT2D eigenvalue weighted by molar-refractivity contribution is 0.266. The smallest absolute Gasteiger partial charge is 0.321 e. The van der Waals surface area contributed by atoms with Crippen molar-refractivity contribution in [2.45, 2.75) is 0 Å². The van der Waals surface area contributed by atoms with E-state index in [2.05, 4.69) is 37.4 Å². The van der Waals surface area contributed by atoms with E-state index in [-0.39, 0.29) is 0 Å². The molecule has 8 nitrogen and oxygen atoms in total.